The average molecular weight is 499 g/mol. The van der Waals surface area contributed by atoms with Crippen molar-refractivity contribution in [3.63, 3.8) is 0 Å². The Balaban J connectivity index is 2.64. The first-order chi connectivity index (χ1) is 16.4. The molecule has 15 heteroatoms. The maximum absolute atomic E-state index is 12.9. The highest BCUT2D eigenvalue weighted by Crippen LogP contribution is 2.19. The Morgan fingerprint density at radius 2 is 1.57 bits per heavy atom. The second-order valence-corrected chi connectivity index (χ2v) is 8.32. The molecule has 0 unspecified atom stereocenters. The predicted molar refractivity (Wildman–Crippen MR) is 130 cm³/mol. The maximum atomic E-state index is 12.9. The van der Waals surface area contributed by atoms with Gasteiger partial charge in [0.1, 0.15) is 18.1 Å². The van der Waals surface area contributed by atoms with Crippen LogP contribution in [0, 0.1) is 0 Å². The number of likely N-dealkylation sites (tertiary alicyclic amines) is 1. The molecule has 1 fully saturated rings. The van der Waals surface area contributed by atoms with Crippen LogP contribution in [0.3, 0.4) is 0 Å². The number of carboxylic acid groups (broad SMARTS) is 1. The van der Waals surface area contributed by atoms with Crippen molar-refractivity contribution in [3.8, 4) is 0 Å². The number of carboxylic acids is 1. The van der Waals surface area contributed by atoms with Gasteiger partial charge in [-0.2, -0.15) is 0 Å². The van der Waals surface area contributed by atoms with Gasteiger partial charge in [-0.3, -0.25) is 24.4 Å². The summed E-state index contributed by atoms with van der Waals surface area (Å²) in [6.45, 7) is 2.37. The molecule has 1 rings (SSSR count). The minimum absolute atomic E-state index is 0.0490. The van der Waals surface area contributed by atoms with Crippen molar-refractivity contribution in [2.45, 2.75) is 69.6 Å². The molecule has 0 aromatic rings. The number of carbonyl (C=O) groups excluding carboxylic acids is 3. The molecule has 13 N–H and O–H groups in total. The lowest BCUT2D eigenvalue weighted by Crippen LogP contribution is -2.56. The van der Waals surface area contributed by atoms with Crippen molar-refractivity contribution < 1.29 is 24.3 Å². The van der Waals surface area contributed by atoms with Crippen LogP contribution in [0.15, 0.2) is 9.98 Å². The minimum atomic E-state index is -1.20. The standard InChI is InChI=1S/C20H38N10O5/c1-11(28-15(31)12(21)5-2-8-26-19(22)23)17(33)30-10-4-7-14(30)16(32)29-13(18(34)35)6-3-9-27-20(24)25/h11-14H,2-10,21H2,1H3,(H,28,31)(H,29,32)(H,34,35)(H4,22,23,26)(H4,24,25,27)/t11-,12-,13-,14-/m0/s1. The highest BCUT2D eigenvalue weighted by Gasteiger charge is 2.37. The molecule has 0 aliphatic carbocycles. The van der Waals surface area contributed by atoms with Crippen molar-refractivity contribution in [2.24, 2.45) is 38.7 Å². The van der Waals surface area contributed by atoms with Crippen LogP contribution in [0.5, 0.6) is 0 Å². The number of aliphatic carboxylic acids is 1. The molecule has 0 saturated carbocycles. The van der Waals surface area contributed by atoms with Gasteiger partial charge in [0.05, 0.1) is 6.04 Å². The van der Waals surface area contributed by atoms with Crippen LogP contribution >= 0.6 is 0 Å². The number of nitrogens with two attached hydrogens (primary N) is 5. The van der Waals surface area contributed by atoms with Crippen LogP contribution in [0.25, 0.3) is 0 Å². The summed E-state index contributed by atoms with van der Waals surface area (Å²) in [5.74, 6) is -2.89. The van der Waals surface area contributed by atoms with Crippen LogP contribution in [0.2, 0.25) is 0 Å². The third-order valence-corrected chi connectivity index (χ3v) is 5.43. The number of amides is 3. The zero-order valence-electron chi connectivity index (χ0n) is 20.0. The smallest absolute Gasteiger partial charge is 0.326 e. The molecule has 0 bridgehead atoms. The van der Waals surface area contributed by atoms with E-state index in [-0.39, 0.29) is 24.9 Å². The highest BCUT2D eigenvalue weighted by atomic mass is 16.4. The summed E-state index contributed by atoms with van der Waals surface area (Å²) in [5, 5.41) is 14.5. The van der Waals surface area contributed by atoms with Gasteiger partial charge in [0.15, 0.2) is 11.9 Å². The van der Waals surface area contributed by atoms with Gasteiger partial charge in [0, 0.05) is 19.6 Å². The number of aliphatic imine (C=N–C) groups is 2. The van der Waals surface area contributed by atoms with E-state index in [4.69, 9.17) is 28.7 Å². The first-order valence-corrected chi connectivity index (χ1v) is 11.4. The van der Waals surface area contributed by atoms with E-state index in [1.165, 1.54) is 11.8 Å². The summed E-state index contributed by atoms with van der Waals surface area (Å²) < 4.78 is 0. The molecule has 0 aromatic carbocycles. The molecule has 1 heterocycles. The number of guanidine groups is 2. The van der Waals surface area contributed by atoms with Gasteiger partial charge in [0.25, 0.3) is 0 Å². The van der Waals surface area contributed by atoms with E-state index in [1.807, 2.05) is 0 Å². The summed E-state index contributed by atoms with van der Waals surface area (Å²) in [5.41, 5.74) is 26.8. The lowest BCUT2D eigenvalue weighted by atomic mass is 10.1. The number of rotatable bonds is 14. The van der Waals surface area contributed by atoms with Crippen LogP contribution in [0.4, 0.5) is 0 Å². The Morgan fingerprint density at radius 3 is 2.11 bits per heavy atom. The van der Waals surface area contributed by atoms with Crippen molar-refractivity contribution in [1.82, 2.24) is 15.5 Å². The summed E-state index contributed by atoms with van der Waals surface area (Å²) in [7, 11) is 0. The van der Waals surface area contributed by atoms with E-state index in [9.17, 15) is 24.3 Å². The lowest BCUT2D eigenvalue weighted by molar-refractivity contribution is -0.144. The average Bonchev–Trinajstić information content (AvgIpc) is 3.27. The SMILES string of the molecule is C[C@H](NC(=O)[C@@H](N)CCCN=C(N)N)C(=O)N1CCC[C@H]1C(=O)N[C@@H](CCCN=C(N)N)C(=O)O. The molecule has 0 spiro atoms. The first kappa shape index (κ1) is 29.4. The molecule has 35 heavy (non-hydrogen) atoms. The van der Waals surface area contributed by atoms with Crippen LogP contribution < -0.4 is 39.3 Å². The van der Waals surface area contributed by atoms with Gasteiger partial charge in [-0.25, -0.2) is 4.79 Å². The largest absolute Gasteiger partial charge is 0.480 e. The van der Waals surface area contributed by atoms with Crippen LogP contribution in [-0.4, -0.2) is 89.4 Å². The zero-order chi connectivity index (χ0) is 26.5. The van der Waals surface area contributed by atoms with Gasteiger partial charge < -0.3 is 49.3 Å². The second-order valence-electron chi connectivity index (χ2n) is 8.32. The lowest BCUT2D eigenvalue weighted by Gasteiger charge is -2.28. The van der Waals surface area contributed by atoms with E-state index in [2.05, 4.69) is 20.6 Å². The molecule has 1 aliphatic rings. The van der Waals surface area contributed by atoms with Gasteiger partial charge in [-0.1, -0.05) is 0 Å². The predicted octanol–water partition coefficient (Wildman–Crippen LogP) is -3.51. The summed E-state index contributed by atoms with van der Waals surface area (Å²) in [6, 6.07) is -3.76. The quantitative estimate of drug-likeness (QED) is 0.0664. The second kappa shape index (κ2) is 14.6. The van der Waals surface area contributed by atoms with E-state index < -0.39 is 47.9 Å². The topological polar surface area (TPSA) is 271 Å². The highest BCUT2D eigenvalue weighted by molar-refractivity contribution is 5.94. The minimum Gasteiger partial charge on any atom is -0.480 e. The number of hydrogen-bond donors (Lipinski definition) is 8. The van der Waals surface area contributed by atoms with E-state index in [0.717, 1.165) is 0 Å². The molecule has 1 aliphatic heterocycles. The fraction of sp³-hybridized carbons (Fsp3) is 0.700. The van der Waals surface area contributed by atoms with Crippen molar-refractivity contribution in [2.75, 3.05) is 19.6 Å². The van der Waals surface area contributed by atoms with Crippen molar-refractivity contribution in [1.29, 1.82) is 0 Å². The molecule has 1 saturated heterocycles. The Labute approximate surface area is 203 Å². The van der Waals surface area contributed by atoms with Gasteiger partial charge in [0.2, 0.25) is 17.7 Å². The Bertz CT molecular complexity index is 810. The number of hydrogen-bond acceptors (Lipinski definition) is 7. The number of nitrogens with one attached hydrogen (secondary N) is 2. The molecular weight excluding hydrogens is 460 g/mol. The van der Waals surface area contributed by atoms with Gasteiger partial charge in [-0.15, -0.1) is 0 Å². The Kier molecular flexibility index (Phi) is 12.3. The zero-order valence-corrected chi connectivity index (χ0v) is 20.0. The molecule has 4 atom stereocenters. The molecule has 0 aromatic heterocycles. The van der Waals surface area contributed by atoms with E-state index in [0.29, 0.717) is 45.2 Å². The third kappa shape index (κ3) is 10.5. The monoisotopic (exact) mass is 498 g/mol. The molecule has 15 nitrogen and oxygen atoms in total. The fourth-order valence-electron chi connectivity index (χ4n) is 3.61. The van der Waals surface area contributed by atoms with Crippen molar-refractivity contribution in [3.05, 3.63) is 0 Å². The fourth-order valence-corrected chi connectivity index (χ4v) is 3.61. The van der Waals surface area contributed by atoms with E-state index >= 15 is 0 Å². The Hall–Kier alpha value is -3.62. The first-order valence-electron chi connectivity index (χ1n) is 11.4. The van der Waals surface area contributed by atoms with Crippen molar-refractivity contribution >= 4 is 35.6 Å². The summed E-state index contributed by atoms with van der Waals surface area (Å²) >= 11 is 0. The van der Waals surface area contributed by atoms with Gasteiger partial charge in [-0.05, 0) is 45.4 Å². The van der Waals surface area contributed by atoms with Gasteiger partial charge >= 0.3 is 5.97 Å². The summed E-state index contributed by atoms with van der Waals surface area (Å²) in [4.78, 5) is 58.6. The number of nitrogens with zero attached hydrogens (tertiary/aromatic N) is 3. The van der Waals surface area contributed by atoms with Crippen LogP contribution in [-0.2, 0) is 19.2 Å². The molecular formula is C20H38N10O5. The van der Waals surface area contributed by atoms with Crippen LogP contribution in [0.1, 0.15) is 45.4 Å². The number of carbonyl (C=O) groups is 4. The third-order valence-electron chi connectivity index (χ3n) is 5.43. The summed E-state index contributed by atoms with van der Waals surface area (Å²) in [6.07, 6.45) is 2.21. The normalized spacial score (nSPS) is 17.5. The maximum Gasteiger partial charge on any atom is 0.326 e. The molecule has 198 valence electrons. The molecule has 3 amide bonds. The Morgan fingerprint density at radius 1 is 1.00 bits per heavy atom. The molecule has 0 radical (unpaired) electrons. The van der Waals surface area contributed by atoms with E-state index in [1.54, 1.807) is 0 Å².